The molecule has 1 aromatic carbocycles. The third kappa shape index (κ3) is 7.49. The van der Waals surface area contributed by atoms with Crippen LogP contribution < -0.4 is 5.32 Å². The molecule has 0 radical (unpaired) electrons. The summed E-state index contributed by atoms with van der Waals surface area (Å²) in [5.74, 6) is 0.473. The van der Waals surface area contributed by atoms with E-state index in [9.17, 15) is 5.11 Å². The largest absolute Gasteiger partial charge is 0.389 e. The summed E-state index contributed by atoms with van der Waals surface area (Å²) in [5, 5.41) is 13.3. The minimum Gasteiger partial charge on any atom is -0.389 e. The number of rotatable bonds is 11. The number of aliphatic hydroxyl groups excluding tert-OH is 1. The molecule has 1 aromatic rings. The van der Waals surface area contributed by atoms with Crippen LogP contribution in [0.5, 0.6) is 0 Å². The maximum absolute atomic E-state index is 9.96. The average Bonchev–Trinajstić information content (AvgIpc) is 2.49. The van der Waals surface area contributed by atoms with E-state index in [0.717, 1.165) is 18.7 Å². The summed E-state index contributed by atoms with van der Waals surface area (Å²) in [5.41, 5.74) is 2.39. The summed E-state index contributed by atoms with van der Waals surface area (Å²) in [6.07, 6.45) is 4.34. The first-order chi connectivity index (χ1) is 10.1. The molecule has 0 spiro atoms. The van der Waals surface area contributed by atoms with Crippen LogP contribution in [-0.4, -0.2) is 31.0 Å². The quantitative estimate of drug-likeness (QED) is 0.601. The fourth-order valence-electron chi connectivity index (χ4n) is 2.30. The predicted octanol–water partition coefficient (Wildman–Crippen LogP) is 4.18. The number of anilines is 1. The van der Waals surface area contributed by atoms with E-state index in [1.54, 1.807) is 0 Å². The molecule has 0 aromatic heterocycles. The monoisotopic (exact) mass is 293 g/mol. The normalized spacial score (nSPS) is 12.6. The van der Waals surface area contributed by atoms with E-state index in [-0.39, 0.29) is 0 Å². The second-order valence-electron chi connectivity index (χ2n) is 5.91. The molecule has 0 heterocycles. The van der Waals surface area contributed by atoms with E-state index in [1.165, 1.54) is 24.8 Å². The third-order valence-electron chi connectivity index (χ3n) is 3.56. The minimum atomic E-state index is -0.462. The van der Waals surface area contributed by atoms with Crippen molar-refractivity contribution in [2.75, 3.05) is 25.1 Å². The SMILES string of the molecule is CCCCCCOCC(O)CNc1ccccc1C(C)C. The lowest BCUT2D eigenvalue weighted by molar-refractivity contribution is 0.0416. The van der Waals surface area contributed by atoms with Crippen LogP contribution in [0.1, 0.15) is 57.9 Å². The Morgan fingerprint density at radius 2 is 1.90 bits per heavy atom. The topological polar surface area (TPSA) is 41.5 Å². The Morgan fingerprint density at radius 3 is 2.62 bits per heavy atom. The van der Waals surface area contributed by atoms with Crippen LogP contribution in [0.15, 0.2) is 24.3 Å². The molecule has 3 heteroatoms. The first kappa shape index (κ1) is 18.0. The molecule has 2 N–H and O–H groups in total. The van der Waals surface area contributed by atoms with Gasteiger partial charge in [-0.25, -0.2) is 0 Å². The zero-order chi connectivity index (χ0) is 15.5. The van der Waals surface area contributed by atoms with Gasteiger partial charge in [0.2, 0.25) is 0 Å². The van der Waals surface area contributed by atoms with E-state index in [2.05, 4.69) is 44.3 Å². The minimum absolute atomic E-state index is 0.406. The van der Waals surface area contributed by atoms with Gasteiger partial charge in [-0.2, -0.15) is 0 Å². The summed E-state index contributed by atoms with van der Waals surface area (Å²) in [6.45, 7) is 8.24. The molecule has 120 valence electrons. The van der Waals surface area contributed by atoms with Gasteiger partial charge in [0.15, 0.2) is 0 Å². The van der Waals surface area contributed by atoms with Gasteiger partial charge in [0.25, 0.3) is 0 Å². The Kier molecular flexibility index (Phi) is 9.11. The highest BCUT2D eigenvalue weighted by Crippen LogP contribution is 2.23. The van der Waals surface area contributed by atoms with Crippen LogP contribution in [-0.2, 0) is 4.74 Å². The predicted molar refractivity (Wildman–Crippen MR) is 90.0 cm³/mol. The zero-order valence-corrected chi connectivity index (χ0v) is 13.8. The molecule has 0 fully saturated rings. The summed E-state index contributed by atoms with van der Waals surface area (Å²) < 4.78 is 5.52. The third-order valence-corrected chi connectivity index (χ3v) is 3.56. The van der Waals surface area contributed by atoms with Crippen molar-refractivity contribution in [3.8, 4) is 0 Å². The Bertz CT molecular complexity index is 379. The van der Waals surface area contributed by atoms with Crippen molar-refractivity contribution in [1.29, 1.82) is 0 Å². The molecular weight excluding hydrogens is 262 g/mol. The highest BCUT2D eigenvalue weighted by Gasteiger charge is 2.08. The molecule has 0 aliphatic heterocycles. The van der Waals surface area contributed by atoms with Crippen LogP contribution in [0.3, 0.4) is 0 Å². The van der Waals surface area contributed by atoms with Gasteiger partial charge in [0, 0.05) is 18.8 Å². The Morgan fingerprint density at radius 1 is 1.14 bits per heavy atom. The number of ether oxygens (including phenoxy) is 1. The van der Waals surface area contributed by atoms with Crippen LogP contribution in [0, 0.1) is 0 Å². The number of hydrogen-bond acceptors (Lipinski definition) is 3. The number of para-hydroxylation sites is 1. The van der Waals surface area contributed by atoms with E-state index in [0.29, 0.717) is 19.1 Å². The molecule has 0 amide bonds. The molecular formula is C18H31NO2. The van der Waals surface area contributed by atoms with E-state index >= 15 is 0 Å². The zero-order valence-electron chi connectivity index (χ0n) is 13.8. The molecule has 21 heavy (non-hydrogen) atoms. The van der Waals surface area contributed by atoms with E-state index < -0.39 is 6.10 Å². The summed E-state index contributed by atoms with van der Waals surface area (Å²) in [4.78, 5) is 0. The summed E-state index contributed by atoms with van der Waals surface area (Å²) in [7, 11) is 0. The average molecular weight is 293 g/mol. The van der Waals surface area contributed by atoms with Gasteiger partial charge in [-0.1, -0.05) is 58.2 Å². The van der Waals surface area contributed by atoms with Crippen molar-refractivity contribution in [1.82, 2.24) is 0 Å². The molecule has 1 unspecified atom stereocenters. The Labute approximate surface area is 129 Å². The van der Waals surface area contributed by atoms with Crippen molar-refractivity contribution in [2.45, 2.75) is 58.5 Å². The standard InChI is InChI=1S/C18H31NO2/c1-4-5-6-9-12-21-14-16(20)13-19-18-11-8-7-10-17(18)15(2)3/h7-8,10-11,15-16,19-20H,4-6,9,12-14H2,1-3H3. The van der Waals surface area contributed by atoms with Crippen LogP contribution >= 0.6 is 0 Å². The van der Waals surface area contributed by atoms with Crippen molar-refractivity contribution >= 4 is 5.69 Å². The van der Waals surface area contributed by atoms with Crippen molar-refractivity contribution in [3.63, 3.8) is 0 Å². The second-order valence-corrected chi connectivity index (χ2v) is 5.91. The molecule has 1 atom stereocenters. The number of aliphatic hydroxyl groups is 1. The number of unbranched alkanes of at least 4 members (excludes halogenated alkanes) is 3. The molecule has 1 rings (SSSR count). The van der Waals surface area contributed by atoms with Crippen LogP contribution in [0.25, 0.3) is 0 Å². The molecule has 0 aliphatic rings. The van der Waals surface area contributed by atoms with Gasteiger partial charge in [0.05, 0.1) is 12.7 Å². The maximum Gasteiger partial charge on any atom is 0.0945 e. The first-order valence-corrected chi connectivity index (χ1v) is 8.23. The lowest BCUT2D eigenvalue weighted by atomic mass is 10.0. The van der Waals surface area contributed by atoms with Gasteiger partial charge in [-0.3, -0.25) is 0 Å². The van der Waals surface area contributed by atoms with Crippen molar-refractivity contribution in [3.05, 3.63) is 29.8 Å². The lowest BCUT2D eigenvalue weighted by Crippen LogP contribution is -2.25. The highest BCUT2D eigenvalue weighted by molar-refractivity contribution is 5.52. The molecule has 3 nitrogen and oxygen atoms in total. The smallest absolute Gasteiger partial charge is 0.0945 e. The van der Waals surface area contributed by atoms with Gasteiger partial charge < -0.3 is 15.2 Å². The summed E-state index contributed by atoms with van der Waals surface area (Å²) in [6, 6.07) is 8.26. The lowest BCUT2D eigenvalue weighted by Gasteiger charge is -2.17. The Balaban J connectivity index is 2.22. The molecule has 0 saturated heterocycles. The molecule has 0 aliphatic carbocycles. The summed E-state index contributed by atoms with van der Waals surface area (Å²) >= 11 is 0. The number of hydrogen-bond donors (Lipinski definition) is 2. The number of benzene rings is 1. The molecule has 0 saturated carbocycles. The number of nitrogens with one attached hydrogen (secondary N) is 1. The van der Waals surface area contributed by atoms with Gasteiger partial charge >= 0.3 is 0 Å². The Hall–Kier alpha value is -1.06. The maximum atomic E-state index is 9.96. The first-order valence-electron chi connectivity index (χ1n) is 8.23. The fourth-order valence-corrected chi connectivity index (χ4v) is 2.30. The van der Waals surface area contributed by atoms with Crippen LogP contribution in [0.2, 0.25) is 0 Å². The van der Waals surface area contributed by atoms with Gasteiger partial charge in [-0.15, -0.1) is 0 Å². The van der Waals surface area contributed by atoms with E-state index in [1.807, 2.05) is 6.07 Å². The second kappa shape index (κ2) is 10.6. The highest BCUT2D eigenvalue weighted by atomic mass is 16.5. The van der Waals surface area contributed by atoms with Gasteiger partial charge in [-0.05, 0) is 24.0 Å². The van der Waals surface area contributed by atoms with Crippen LogP contribution in [0.4, 0.5) is 5.69 Å². The molecule has 0 bridgehead atoms. The van der Waals surface area contributed by atoms with Crippen molar-refractivity contribution < 1.29 is 9.84 Å². The van der Waals surface area contributed by atoms with Crippen molar-refractivity contribution in [2.24, 2.45) is 0 Å². The fraction of sp³-hybridized carbons (Fsp3) is 0.667. The van der Waals surface area contributed by atoms with Gasteiger partial charge in [0.1, 0.15) is 0 Å². The van der Waals surface area contributed by atoms with E-state index in [4.69, 9.17) is 4.74 Å².